The number of fused-ring (bicyclic) bond motifs is 3. The van der Waals surface area contributed by atoms with Crippen molar-refractivity contribution in [2.24, 2.45) is 0 Å². The molecule has 0 saturated carbocycles. The first-order chi connectivity index (χ1) is 9.81. The molecule has 5 nitrogen and oxygen atoms in total. The summed E-state index contributed by atoms with van der Waals surface area (Å²) in [6.45, 7) is 1.95. The molecule has 0 aliphatic carbocycles. The molecule has 4 rings (SSSR count). The Balaban J connectivity index is 1.95. The largest absolute Gasteiger partial charge is 0.384 e. The van der Waals surface area contributed by atoms with E-state index in [9.17, 15) is 0 Å². The zero-order valence-electron chi connectivity index (χ0n) is 11.0. The molecule has 0 aromatic carbocycles. The molecule has 0 atom stereocenters. The number of aromatic amines is 1. The monoisotopic (exact) mass is 265 g/mol. The zero-order valence-corrected chi connectivity index (χ0v) is 11.0. The zero-order chi connectivity index (χ0) is 13.5. The van der Waals surface area contributed by atoms with Crippen LogP contribution in [0, 0.1) is 0 Å². The van der Waals surface area contributed by atoms with Crippen molar-refractivity contribution < 1.29 is 0 Å². The molecule has 3 aromatic rings. The van der Waals surface area contributed by atoms with E-state index < -0.39 is 0 Å². The van der Waals surface area contributed by atoms with E-state index in [0.29, 0.717) is 5.82 Å². The average Bonchev–Trinajstić information content (AvgIpc) is 2.85. The lowest BCUT2D eigenvalue weighted by molar-refractivity contribution is 0.738. The van der Waals surface area contributed by atoms with E-state index in [4.69, 9.17) is 5.73 Å². The summed E-state index contributed by atoms with van der Waals surface area (Å²) in [5.74, 6) is 0.532. The Hall–Kier alpha value is -2.40. The summed E-state index contributed by atoms with van der Waals surface area (Å²) in [5.41, 5.74) is 10.2. The first-order valence-corrected chi connectivity index (χ1v) is 6.74. The molecule has 4 heterocycles. The molecule has 0 bridgehead atoms. The normalized spacial score (nSPS) is 15.7. The molecular formula is C15H15N5. The summed E-state index contributed by atoms with van der Waals surface area (Å²) in [4.78, 5) is 11.9. The number of hydrogen-bond donors (Lipinski definition) is 3. The SMILES string of the molecule is Nc1cc2c(cn1)[nH]c1ncc(C3=CCNCC3)cc12. The topological polar surface area (TPSA) is 79.6 Å². The van der Waals surface area contributed by atoms with Crippen LogP contribution in [0.4, 0.5) is 5.82 Å². The van der Waals surface area contributed by atoms with Gasteiger partial charge in [0, 0.05) is 23.5 Å². The molecule has 3 aromatic heterocycles. The van der Waals surface area contributed by atoms with Gasteiger partial charge in [-0.05, 0) is 36.2 Å². The van der Waals surface area contributed by atoms with Crippen LogP contribution in [0.1, 0.15) is 12.0 Å². The first-order valence-electron chi connectivity index (χ1n) is 6.74. The van der Waals surface area contributed by atoms with E-state index in [2.05, 4.69) is 32.4 Å². The molecule has 20 heavy (non-hydrogen) atoms. The summed E-state index contributed by atoms with van der Waals surface area (Å²) in [6.07, 6.45) is 6.97. The van der Waals surface area contributed by atoms with Gasteiger partial charge in [0.15, 0.2) is 0 Å². The second-order valence-corrected chi connectivity index (χ2v) is 5.08. The van der Waals surface area contributed by atoms with Crippen LogP contribution in [0.2, 0.25) is 0 Å². The van der Waals surface area contributed by atoms with Gasteiger partial charge in [-0.25, -0.2) is 9.97 Å². The van der Waals surface area contributed by atoms with Crippen LogP contribution in [0.25, 0.3) is 27.5 Å². The highest BCUT2D eigenvalue weighted by molar-refractivity contribution is 6.07. The van der Waals surface area contributed by atoms with Crippen LogP contribution in [0.3, 0.4) is 0 Å². The van der Waals surface area contributed by atoms with E-state index in [0.717, 1.165) is 41.4 Å². The van der Waals surface area contributed by atoms with Gasteiger partial charge in [-0.15, -0.1) is 0 Å². The van der Waals surface area contributed by atoms with Crippen LogP contribution >= 0.6 is 0 Å². The molecule has 0 saturated heterocycles. The number of nitrogens with zero attached hydrogens (tertiary/aromatic N) is 2. The van der Waals surface area contributed by atoms with Crippen LogP contribution < -0.4 is 11.1 Å². The number of hydrogen-bond acceptors (Lipinski definition) is 4. The van der Waals surface area contributed by atoms with Gasteiger partial charge in [-0.3, -0.25) is 0 Å². The molecule has 5 heteroatoms. The highest BCUT2D eigenvalue weighted by Crippen LogP contribution is 2.28. The second-order valence-electron chi connectivity index (χ2n) is 5.08. The molecule has 0 amide bonds. The third-order valence-corrected chi connectivity index (χ3v) is 3.79. The van der Waals surface area contributed by atoms with Crippen molar-refractivity contribution in [3.63, 3.8) is 0 Å². The van der Waals surface area contributed by atoms with Gasteiger partial charge >= 0.3 is 0 Å². The Kier molecular flexibility index (Phi) is 2.47. The lowest BCUT2D eigenvalue weighted by atomic mass is 10.0. The Morgan fingerprint density at radius 1 is 1.10 bits per heavy atom. The average molecular weight is 265 g/mol. The number of nitrogen functional groups attached to an aromatic ring is 1. The molecule has 0 spiro atoms. The Morgan fingerprint density at radius 2 is 2.05 bits per heavy atom. The highest BCUT2D eigenvalue weighted by atomic mass is 14.9. The minimum Gasteiger partial charge on any atom is -0.384 e. The Labute approximate surface area is 115 Å². The third-order valence-electron chi connectivity index (χ3n) is 3.79. The molecule has 1 aliphatic heterocycles. The first kappa shape index (κ1) is 11.4. The van der Waals surface area contributed by atoms with Crippen LogP contribution in [0.5, 0.6) is 0 Å². The molecular weight excluding hydrogens is 250 g/mol. The molecule has 100 valence electrons. The smallest absolute Gasteiger partial charge is 0.138 e. The minimum absolute atomic E-state index is 0.532. The quantitative estimate of drug-likeness (QED) is 0.629. The number of nitrogens with two attached hydrogens (primary N) is 1. The van der Waals surface area contributed by atoms with Gasteiger partial charge in [-0.1, -0.05) is 6.08 Å². The maximum atomic E-state index is 5.79. The van der Waals surface area contributed by atoms with Crippen molar-refractivity contribution >= 4 is 33.3 Å². The van der Waals surface area contributed by atoms with E-state index in [1.54, 1.807) is 6.20 Å². The van der Waals surface area contributed by atoms with Crippen molar-refractivity contribution in [1.29, 1.82) is 0 Å². The number of nitrogens with one attached hydrogen (secondary N) is 2. The predicted octanol–water partition coefficient (Wildman–Crippen LogP) is 2.07. The van der Waals surface area contributed by atoms with Crippen molar-refractivity contribution in [1.82, 2.24) is 20.3 Å². The van der Waals surface area contributed by atoms with Gasteiger partial charge in [0.05, 0.1) is 11.7 Å². The van der Waals surface area contributed by atoms with Crippen LogP contribution in [0.15, 0.2) is 30.6 Å². The summed E-state index contributed by atoms with van der Waals surface area (Å²) < 4.78 is 0. The fraction of sp³-hybridized carbons (Fsp3) is 0.200. The van der Waals surface area contributed by atoms with Crippen LogP contribution in [-0.2, 0) is 0 Å². The van der Waals surface area contributed by atoms with E-state index in [1.807, 2.05) is 12.3 Å². The maximum absolute atomic E-state index is 5.79. The Morgan fingerprint density at radius 3 is 2.90 bits per heavy atom. The van der Waals surface area contributed by atoms with E-state index in [1.165, 1.54) is 11.1 Å². The highest BCUT2D eigenvalue weighted by Gasteiger charge is 2.10. The van der Waals surface area contributed by atoms with Gasteiger partial charge in [-0.2, -0.15) is 0 Å². The maximum Gasteiger partial charge on any atom is 0.138 e. The van der Waals surface area contributed by atoms with Gasteiger partial charge in [0.2, 0.25) is 0 Å². The Bertz CT molecular complexity index is 831. The molecule has 1 aliphatic rings. The van der Waals surface area contributed by atoms with E-state index >= 15 is 0 Å². The van der Waals surface area contributed by atoms with Gasteiger partial charge in [0.25, 0.3) is 0 Å². The molecule has 0 radical (unpaired) electrons. The van der Waals surface area contributed by atoms with Crippen LogP contribution in [-0.4, -0.2) is 28.0 Å². The molecule has 0 unspecified atom stereocenters. The number of rotatable bonds is 1. The van der Waals surface area contributed by atoms with Gasteiger partial charge in [0.1, 0.15) is 11.5 Å². The summed E-state index contributed by atoms with van der Waals surface area (Å²) in [5, 5.41) is 5.51. The van der Waals surface area contributed by atoms with Crippen molar-refractivity contribution in [2.45, 2.75) is 6.42 Å². The lowest BCUT2D eigenvalue weighted by Crippen LogP contribution is -2.20. The van der Waals surface area contributed by atoms with Crippen molar-refractivity contribution in [2.75, 3.05) is 18.8 Å². The second kappa shape index (κ2) is 4.31. The lowest BCUT2D eigenvalue weighted by Gasteiger charge is -2.13. The predicted molar refractivity (Wildman–Crippen MR) is 81.3 cm³/mol. The van der Waals surface area contributed by atoms with Crippen molar-refractivity contribution in [3.05, 3.63) is 36.2 Å². The standard InChI is InChI=1S/C15H15N5/c16-14-6-11-12-5-10(9-1-3-17-4-2-9)7-19-15(12)20-13(11)8-18-14/h1,5-8,17H,2-4H2,(H2,16,18)(H,19,20). The molecule has 4 N–H and O–H groups in total. The summed E-state index contributed by atoms with van der Waals surface area (Å²) in [7, 11) is 0. The number of aromatic nitrogens is 3. The fourth-order valence-corrected chi connectivity index (χ4v) is 2.75. The number of pyridine rings is 2. The summed E-state index contributed by atoms with van der Waals surface area (Å²) >= 11 is 0. The summed E-state index contributed by atoms with van der Waals surface area (Å²) in [6, 6.07) is 4.09. The number of anilines is 1. The molecule has 0 fully saturated rings. The van der Waals surface area contributed by atoms with Crippen molar-refractivity contribution in [3.8, 4) is 0 Å². The minimum atomic E-state index is 0.532. The van der Waals surface area contributed by atoms with Gasteiger partial charge < -0.3 is 16.0 Å². The fourth-order valence-electron chi connectivity index (χ4n) is 2.75. The third kappa shape index (κ3) is 1.75. The van der Waals surface area contributed by atoms with E-state index in [-0.39, 0.29) is 0 Å². The number of H-pyrrole nitrogens is 1.